The van der Waals surface area contributed by atoms with Crippen LogP contribution in [0.5, 0.6) is 0 Å². The third-order valence-electron chi connectivity index (χ3n) is 3.86. The van der Waals surface area contributed by atoms with Crippen molar-refractivity contribution < 1.29 is 9.90 Å². The molecule has 1 amide bonds. The summed E-state index contributed by atoms with van der Waals surface area (Å²) in [6, 6.07) is 0. The van der Waals surface area contributed by atoms with Gasteiger partial charge in [0, 0.05) is 12.5 Å². The molecule has 1 rings (SSSR count). The Kier molecular flexibility index (Phi) is 6.56. The number of carbonyl (C=O) groups excluding carboxylic acids is 1. The van der Waals surface area contributed by atoms with E-state index in [-0.39, 0.29) is 17.9 Å². The molecular weight excluding hydrogens is 214 g/mol. The van der Waals surface area contributed by atoms with Crippen LogP contribution in [-0.4, -0.2) is 23.7 Å². The van der Waals surface area contributed by atoms with E-state index in [4.69, 9.17) is 0 Å². The van der Waals surface area contributed by atoms with Gasteiger partial charge in [0.15, 0.2) is 0 Å². The monoisotopic (exact) mass is 241 g/mol. The number of aliphatic hydroxyl groups excluding tert-OH is 1. The van der Waals surface area contributed by atoms with Crippen LogP contribution in [0.3, 0.4) is 0 Å². The average molecular weight is 241 g/mol. The van der Waals surface area contributed by atoms with E-state index >= 15 is 0 Å². The van der Waals surface area contributed by atoms with Crippen molar-refractivity contribution in [2.75, 3.05) is 6.54 Å². The highest BCUT2D eigenvalue weighted by Gasteiger charge is 2.21. The number of carbonyl (C=O) groups is 1. The predicted molar refractivity (Wildman–Crippen MR) is 69.7 cm³/mol. The second-order valence-corrected chi connectivity index (χ2v) is 5.43. The van der Waals surface area contributed by atoms with Gasteiger partial charge in [0.05, 0.1) is 6.10 Å². The van der Waals surface area contributed by atoms with Gasteiger partial charge in [0.1, 0.15) is 0 Å². The molecule has 0 aliphatic heterocycles. The molecular formula is C14H27NO2. The third kappa shape index (κ3) is 5.53. The van der Waals surface area contributed by atoms with Crippen LogP contribution in [0.2, 0.25) is 0 Å². The van der Waals surface area contributed by atoms with E-state index in [9.17, 15) is 9.90 Å². The molecule has 0 bridgehead atoms. The Balaban J connectivity index is 2.13. The van der Waals surface area contributed by atoms with Crippen molar-refractivity contribution in [3.05, 3.63) is 0 Å². The molecule has 1 saturated carbocycles. The molecule has 2 atom stereocenters. The first kappa shape index (κ1) is 14.5. The molecule has 1 aliphatic carbocycles. The highest BCUT2D eigenvalue weighted by molar-refractivity contribution is 5.78. The maximum atomic E-state index is 11.8. The first-order chi connectivity index (χ1) is 8.13. The van der Waals surface area contributed by atoms with Crippen LogP contribution < -0.4 is 5.32 Å². The lowest BCUT2D eigenvalue weighted by Gasteiger charge is -2.16. The van der Waals surface area contributed by atoms with Gasteiger partial charge in [-0.05, 0) is 25.2 Å². The number of hydrogen-bond donors (Lipinski definition) is 2. The second-order valence-electron chi connectivity index (χ2n) is 5.43. The van der Waals surface area contributed by atoms with E-state index in [1.54, 1.807) is 0 Å². The highest BCUT2D eigenvalue weighted by atomic mass is 16.3. The van der Waals surface area contributed by atoms with Crippen molar-refractivity contribution in [2.24, 2.45) is 11.8 Å². The van der Waals surface area contributed by atoms with Crippen LogP contribution in [0, 0.1) is 11.8 Å². The van der Waals surface area contributed by atoms with Gasteiger partial charge in [-0.15, -0.1) is 0 Å². The molecule has 1 aliphatic rings. The largest absolute Gasteiger partial charge is 0.393 e. The maximum absolute atomic E-state index is 11.8. The fourth-order valence-corrected chi connectivity index (χ4v) is 2.59. The molecule has 0 spiro atoms. The first-order valence-corrected chi connectivity index (χ1v) is 7.09. The molecule has 1 fully saturated rings. The number of amides is 1. The minimum atomic E-state index is -0.277. The minimum Gasteiger partial charge on any atom is -0.393 e. The Bertz CT molecular complexity index is 224. The van der Waals surface area contributed by atoms with Gasteiger partial charge in [0.2, 0.25) is 5.91 Å². The van der Waals surface area contributed by atoms with E-state index in [1.807, 2.05) is 13.8 Å². The second kappa shape index (κ2) is 7.70. The zero-order valence-corrected chi connectivity index (χ0v) is 11.2. The zero-order valence-electron chi connectivity index (χ0n) is 11.2. The van der Waals surface area contributed by atoms with E-state index in [0.717, 1.165) is 18.8 Å². The van der Waals surface area contributed by atoms with Gasteiger partial charge in [-0.3, -0.25) is 4.79 Å². The quantitative estimate of drug-likeness (QED) is 0.719. The van der Waals surface area contributed by atoms with Crippen molar-refractivity contribution in [1.82, 2.24) is 5.32 Å². The SMILES string of the molecule is CCC(O)CCNC(=O)C(C)CC1CCCC1. The average Bonchev–Trinajstić information content (AvgIpc) is 2.81. The zero-order chi connectivity index (χ0) is 12.7. The van der Waals surface area contributed by atoms with Crippen molar-refractivity contribution in [2.45, 2.75) is 64.9 Å². The maximum Gasteiger partial charge on any atom is 0.222 e. The fourth-order valence-electron chi connectivity index (χ4n) is 2.59. The lowest BCUT2D eigenvalue weighted by atomic mass is 9.94. The van der Waals surface area contributed by atoms with Crippen LogP contribution in [0.1, 0.15) is 58.8 Å². The molecule has 2 unspecified atom stereocenters. The van der Waals surface area contributed by atoms with Crippen molar-refractivity contribution >= 4 is 5.91 Å². The lowest BCUT2D eigenvalue weighted by Crippen LogP contribution is -2.32. The molecule has 0 radical (unpaired) electrons. The smallest absolute Gasteiger partial charge is 0.222 e. The molecule has 2 N–H and O–H groups in total. The third-order valence-corrected chi connectivity index (χ3v) is 3.86. The summed E-state index contributed by atoms with van der Waals surface area (Å²) in [4.78, 5) is 11.8. The lowest BCUT2D eigenvalue weighted by molar-refractivity contribution is -0.125. The molecule has 100 valence electrons. The fraction of sp³-hybridized carbons (Fsp3) is 0.929. The molecule has 0 aromatic carbocycles. The van der Waals surface area contributed by atoms with Crippen LogP contribution in [0.4, 0.5) is 0 Å². The molecule has 17 heavy (non-hydrogen) atoms. The predicted octanol–water partition coefficient (Wildman–Crippen LogP) is 2.48. The van der Waals surface area contributed by atoms with Crippen molar-refractivity contribution in [1.29, 1.82) is 0 Å². The number of hydrogen-bond acceptors (Lipinski definition) is 2. The summed E-state index contributed by atoms with van der Waals surface area (Å²) in [5, 5.41) is 12.3. The molecule has 0 aromatic rings. The van der Waals surface area contributed by atoms with Gasteiger partial charge >= 0.3 is 0 Å². The molecule has 0 aromatic heterocycles. The van der Waals surface area contributed by atoms with Crippen LogP contribution in [0.25, 0.3) is 0 Å². The number of aliphatic hydroxyl groups is 1. The van der Waals surface area contributed by atoms with Gasteiger partial charge < -0.3 is 10.4 Å². The Morgan fingerprint density at radius 1 is 1.41 bits per heavy atom. The summed E-state index contributed by atoms with van der Waals surface area (Å²) in [5.74, 6) is 1.04. The molecule has 0 heterocycles. The molecule has 3 heteroatoms. The van der Waals surface area contributed by atoms with Crippen LogP contribution >= 0.6 is 0 Å². The summed E-state index contributed by atoms with van der Waals surface area (Å²) in [6.45, 7) is 4.57. The van der Waals surface area contributed by atoms with E-state index in [2.05, 4.69) is 5.32 Å². The minimum absolute atomic E-state index is 0.122. The Labute approximate surface area is 105 Å². The summed E-state index contributed by atoms with van der Waals surface area (Å²) in [6.07, 6.45) is 7.44. The van der Waals surface area contributed by atoms with E-state index in [1.165, 1.54) is 25.7 Å². The Morgan fingerprint density at radius 2 is 2.06 bits per heavy atom. The van der Waals surface area contributed by atoms with E-state index < -0.39 is 0 Å². The first-order valence-electron chi connectivity index (χ1n) is 7.09. The topological polar surface area (TPSA) is 49.3 Å². The number of nitrogens with one attached hydrogen (secondary N) is 1. The molecule has 3 nitrogen and oxygen atoms in total. The summed E-state index contributed by atoms with van der Waals surface area (Å²) >= 11 is 0. The summed E-state index contributed by atoms with van der Waals surface area (Å²) < 4.78 is 0. The van der Waals surface area contributed by atoms with Crippen LogP contribution in [-0.2, 0) is 4.79 Å². The van der Waals surface area contributed by atoms with Gasteiger partial charge in [0.25, 0.3) is 0 Å². The number of rotatable bonds is 7. The van der Waals surface area contributed by atoms with Crippen molar-refractivity contribution in [3.8, 4) is 0 Å². The summed E-state index contributed by atoms with van der Waals surface area (Å²) in [5.41, 5.74) is 0. The normalized spacial score (nSPS) is 20.2. The van der Waals surface area contributed by atoms with Crippen LogP contribution in [0.15, 0.2) is 0 Å². The van der Waals surface area contributed by atoms with E-state index in [0.29, 0.717) is 13.0 Å². The van der Waals surface area contributed by atoms with Gasteiger partial charge in [-0.25, -0.2) is 0 Å². The Hall–Kier alpha value is -0.570. The standard InChI is InChI=1S/C14H27NO2/c1-3-13(16)8-9-15-14(17)11(2)10-12-6-4-5-7-12/h11-13,16H,3-10H2,1-2H3,(H,15,17). The van der Waals surface area contributed by atoms with Gasteiger partial charge in [-0.1, -0.05) is 39.5 Å². The highest BCUT2D eigenvalue weighted by Crippen LogP contribution is 2.30. The van der Waals surface area contributed by atoms with Crippen molar-refractivity contribution in [3.63, 3.8) is 0 Å². The molecule has 0 saturated heterocycles. The Morgan fingerprint density at radius 3 is 2.65 bits per heavy atom. The van der Waals surface area contributed by atoms with Gasteiger partial charge in [-0.2, -0.15) is 0 Å². The summed E-state index contributed by atoms with van der Waals surface area (Å²) in [7, 11) is 0.